The van der Waals surface area contributed by atoms with E-state index in [4.69, 9.17) is 9.47 Å². The minimum absolute atomic E-state index is 0.144. The number of benzene rings is 3. The van der Waals surface area contributed by atoms with E-state index in [1.165, 1.54) is 4.90 Å². The Bertz CT molecular complexity index is 1180. The van der Waals surface area contributed by atoms with Crippen molar-refractivity contribution >= 4 is 29.2 Å². The number of nitrogens with zero attached hydrogens (tertiary/aromatic N) is 2. The van der Waals surface area contributed by atoms with E-state index in [0.717, 1.165) is 16.2 Å². The quantitative estimate of drug-likeness (QED) is 0.473. The zero-order valence-corrected chi connectivity index (χ0v) is 19.6. The molecule has 0 aromatic heterocycles. The van der Waals surface area contributed by atoms with Crippen LogP contribution in [0.15, 0.2) is 78.9 Å². The van der Waals surface area contributed by atoms with E-state index in [1.807, 2.05) is 42.5 Å². The average molecular weight is 474 g/mol. The first kappa shape index (κ1) is 23.8. The molecule has 4 amide bonds. The molecule has 1 aliphatic heterocycles. The summed E-state index contributed by atoms with van der Waals surface area (Å²) in [5.74, 6) is 0.580. The van der Waals surface area contributed by atoms with E-state index < -0.39 is 18.0 Å². The third-order valence-electron chi connectivity index (χ3n) is 5.89. The fourth-order valence-electron chi connectivity index (χ4n) is 4.01. The van der Waals surface area contributed by atoms with Crippen LogP contribution in [-0.2, 0) is 16.0 Å². The molecule has 0 saturated carbocycles. The van der Waals surface area contributed by atoms with Crippen molar-refractivity contribution in [2.45, 2.75) is 18.9 Å². The zero-order chi connectivity index (χ0) is 24.8. The topological polar surface area (TPSA) is 88.2 Å². The number of rotatable bonds is 9. The molecule has 0 spiro atoms. The lowest BCUT2D eigenvalue weighted by molar-refractivity contribution is -0.124. The summed E-state index contributed by atoms with van der Waals surface area (Å²) in [4.78, 5) is 42.2. The highest BCUT2D eigenvalue weighted by atomic mass is 16.5. The van der Waals surface area contributed by atoms with Gasteiger partial charge in [-0.25, -0.2) is 9.69 Å². The second kappa shape index (κ2) is 10.7. The predicted molar refractivity (Wildman–Crippen MR) is 133 cm³/mol. The molecule has 3 aromatic rings. The summed E-state index contributed by atoms with van der Waals surface area (Å²) < 4.78 is 10.4. The van der Waals surface area contributed by atoms with Crippen molar-refractivity contribution in [1.29, 1.82) is 0 Å². The molecular weight excluding hydrogens is 446 g/mol. The van der Waals surface area contributed by atoms with Crippen LogP contribution in [0.5, 0.6) is 11.5 Å². The van der Waals surface area contributed by atoms with Crippen LogP contribution in [0.2, 0.25) is 0 Å². The molecule has 0 aliphatic carbocycles. The largest absolute Gasteiger partial charge is 0.497 e. The Hall–Kier alpha value is -4.33. The number of carbonyl (C=O) groups is 3. The maximum absolute atomic E-state index is 13.4. The van der Waals surface area contributed by atoms with Gasteiger partial charge in [-0.3, -0.25) is 9.59 Å². The summed E-state index contributed by atoms with van der Waals surface area (Å²) in [6.07, 6.45) is 0.380. The average Bonchev–Trinajstić information content (AvgIpc) is 3.12. The minimum atomic E-state index is -0.911. The van der Waals surface area contributed by atoms with Gasteiger partial charge in [-0.05, 0) is 60.5 Å². The van der Waals surface area contributed by atoms with Gasteiger partial charge < -0.3 is 19.7 Å². The number of methoxy groups -OCH3 is 2. The van der Waals surface area contributed by atoms with E-state index in [0.29, 0.717) is 23.5 Å². The van der Waals surface area contributed by atoms with E-state index in [-0.39, 0.29) is 18.9 Å². The molecule has 35 heavy (non-hydrogen) atoms. The maximum atomic E-state index is 13.4. The fourth-order valence-corrected chi connectivity index (χ4v) is 4.01. The Kier molecular flexibility index (Phi) is 7.30. The van der Waals surface area contributed by atoms with Crippen LogP contribution in [0.4, 0.5) is 16.2 Å². The van der Waals surface area contributed by atoms with Crippen LogP contribution >= 0.6 is 0 Å². The Morgan fingerprint density at radius 2 is 1.46 bits per heavy atom. The molecule has 1 atom stereocenters. The molecule has 0 radical (unpaired) electrons. The second-order valence-electron chi connectivity index (χ2n) is 8.08. The molecule has 0 bridgehead atoms. The van der Waals surface area contributed by atoms with E-state index in [2.05, 4.69) is 5.32 Å². The first-order chi connectivity index (χ1) is 17.0. The number of imide groups is 1. The number of amides is 4. The second-order valence-corrected chi connectivity index (χ2v) is 8.08. The SMILES string of the molecule is COc1ccc(CCN2C(=O)N(c3ccc(OC)cc3)C(=O)[C@H]2CC(=O)Nc2ccccc2)cc1. The van der Waals surface area contributed by atoms with Gasteiger partial charge in [-0.1, -0.05) is 30.3 Å². The van der Waals surface area contributed by atoms with Crippen molar-refractivity contribution in [2.24, 2.45) is 0 Å². The predicted octanol–water partition coefficient (Wildman–Crippen LogP) is 4.11. The summed E-state index contributed by atoms with van der Waals surface area (Å²) in [6.45, 7) is 0.285. The van der Waals surface area contributed by atoms with E-state index in [1.54, 1.807) is 50.6 Å². The number of para-hydroxylation sites is 1. The summed E-state index contributed by atoms with van der Waals surface area (Å²) in [7, 11) is 3.14. The van der Waals surface area contributed by atoms with Crippen molar-refractivity contribution in [2.75, 3.05) is 31.0 Å². The maximum Gasteiger partial charge on any atom is 0.332 e. The molecule has 8 nitrogen and oxygen atoms in total. The van der Waals surface area contributed by atoms with Crippen LogP contribution in [0.1, 0.15) is 12.0 Å². The first-order valence-corrected chi connectivity index (χ1v) is 11.3. The molecule has 1 heterocycles. The summed E-state index contributed by atoms with van der Waals surface area (Å²) in [6, 6.07) is 21.9. The number of carbonyl (C=O) groups excluding carboxylic acids is 3. The number of nitrogens with one attached hydrogen (secondary N) is 1. The molecular formula is C27H27N3O5. The van der Waals surface area contributed by atoms with Gasteiger partial charge in [-0.2, -0.15) is 0 Å². The van der Waals surface area contributed by atoms with Crippen molar-refractivity contribution in [3.8, 4) is 11.5 Å². The van der Waals surface area contributed by atoms with Gasteiger partial charge in [0.2, 0.25) is 5.91 Å². The van der Waals surface area contributed by atoms with Crippen molar-refractivity contribution in [3.05, 3.63) is 84.4 Å². The van der Waals surface area contributed by atoms with Gasteiger partial charge in [0.1, 0.15) is 17.5 Å². The molecule has 180 valence electrons. The van der Waals surface area contributed by atoms with Gasteiger partial charge in [-0.15, -0.1) is 0 Å². The van der Waals surface area contributed by atoms with Crippen LogP contribution in [0.25, 0.3) is 0 Å². The standard InChI is InChI=1S/C27H27N3O5/c1-34-22-12-8-19(9-13-22)16-17-29-24(18-25(31)28-20-6-4-3-5-7-20)26(32)30(27(29)33)21-10-14-23(35-2)15-11-21/h3-15,24H,16-18H2,1-2H3,(H,28,31)/t24-/m1/s1. The number of hydrogen-bond acceptors (Lipinski definition) is 5. The summed E-state index contributed by atoms with van der Waals surface area (Å²) >= 11 is 0. The normalized spacial score (nSPS) is 15.3. The van der Waals surface area contributed by atoms with Crippen LogP contribution in [-0.4, -0.2) is 49.6 Å². The Morgan fingerprint density at radius 3 is 2.06 bits per heavy atom. The lowest BCUT2D eigenvalue weighted by atomic mass is 10.1. The molecule has 1 aliphatic rings. The van der Waals surface area contributed by atoms with Crippen LogP contribution in [0, 0.1) is 0 Å². The summed E-state index contributed by atoms with van der Waals surface area (Å²) in [5, 5.41) is 2.80. The molecule has 1 saturated heterocycles. The van der Waals surface area contributed by atoms with Gasteiger partial charge in [0.15, 0.2) is 0 Å². The minimum Gasteiger partial charge on any atom is -0.497 e. The third-order valence-corrected chi connectivity index (χ3v) is 5.89. The molecule has 0 unspecified atom stereocenters. The van der Waals surface area contributed by atoms with Gasteiger partial charge in [0, 0.05) is 12.2 Å². The van der Waals surface area contributed by atoms with Crippen molar-refractivity contribution < 1.29 is 23.9 Å². The zero-order valence-electron chi connectivity index (χ0n) is 19.6. The van der Waals surface area contributed by atoms with Crippen molar-refractivity contribution in [3.63, 3.8) is 0 Å². The van der Waals surface area contributed by atoms with Crippen LogP contribution < -0.4 is 19.7 Å². The highest BCUT2D eigenvalue weighted by Gasteiger charge is 2.46. The molecule has 1 N–H and O–H groups in total. The summed E-state index contributed by atoms with van der Waals surface area (Å²) in [5.41, 5.74) is 2.05. The lowest BCUT2D eigenvalue weighted by Gasteiger charge is -2.21. The Morgan fingerprint density at radius 1 is 0.857 bits per heavy atom. The van der Waals surface area contributed by atoms with Gasteiger partial charge in [0.05, 0.1) is 26.3 Å². The molecule has 1 fully saturated rings. The van der Waals surface area contributed by atoms with E-state index in [9.17, 15) is 14.4 Å². The highest BCUT2D eigenvalue weighted by Crippen LogP contribution is 2.29. The van der Waals surface area contributed by atoms with Crippen molar-refractivity contribution in [1.82, 2.24) is 4.90 Å². The Balaban J connectivity index is 1.55. The monoisotopic (exact) mass is 473 g/mol. The van der Waals surface area contributed by atoms with Gasteiger partial charge in [0.25, 0.3) is 5.91 Å². The van der Waals surface area contributed by atoms with E-state index >= 15 is 0 Å². The number of hydrogen-bond donors (Lipinski definition) is 1. The lowest BCUT2D eigenvalue weighted by Crippen LogP contribution is -2.39. The molecule has 3 aromatic carbocycles. The number of anilines is 2. The molecule has 4 rings (SSSR count). The Labute approximate surface area is 204 Å². The number of urea groups is 1. The van der Waals surface area contributed by atoms with Crippen LogP contribution in [0.3, 0.4) is 0 Å². The smallest absolute Gasteiger partial charge is 0.332 e. The van der Waals surface area contributed by atoms with Gasteiger partial charge >= 0.3 is 6.03 Å². The fraction of sp³-hybridized carbons (Fsp3) is 0.222. The number of ether oxygens (including phenoxy) is 2. The highest BCUT2D eigenvalue weighted by molar-refractivity contribution is 6.22. The molecule has 8 heteroatoms. The first-order valence-electron chi connectivity index (χ1n) is 11.3. The third kappa shape index (κ3) is 5.43.